The lowest BCUT2D eigenvalue weighted by atomic mass is 10.1. The smallest absolute Gasteiger partial charge is 0.187 e. The summed E-state index contributed by atoms with van der Waals surface area (Å²) in [5, 5.41) is 8.76. The van der Waals surface area contributed by atoms with Gasteiger partial charge in [-0.25, -0.2) is 9.37 Å². The van der Waals surface area contributed by atoms with Gasteiger partial charge in [-0.15, -0.1) is 10.2 Å². The summed E-state index contributed by atoms with van der Waals surface area (Å²) in [6.07, 6.45) is 1.87. The average molecular weight is 346 g/mol. The van der Waals surface area contributed by atoms with Crippen molar-refractivity contribution in [1.29, 1.82) is 0 Å². The summed E-state index contributed by atoms with van der Waals surface area (Å²) >= 11 is 0. The maximum Gasteiger partial charge on any atom is 0.187 e. The normalized spacial score (nSPS) is 11.3. The number of nitrogens with zero attached hydrogens (tertiary/aromatic N) is 4. The molecular formula is C20H15FN4O. The maximum absolute atomic E-state index is 13.3. The number of halogens is 1. The number of ether oxygens (including phenoxy) is 1. The Bertz CT molecular complexity index is 1090. The standard InChI is InChI=1S/C20H15FN4O/c1-26-17-7-3-2-6-16(17)23-24-20-19(14-9-11-15(21)12-10-14)22-18-8-4-5-13-25(18)20/h2-13H,1H3. The van der Waals surface area contributed by atoms with Crippen molar-refractivity contribution in [3.63, 3.8) is 0 Å². The first-order valence-corrected chi connectivity index (χ1v) is 8.04. The SMILES string of the molecule is COc1ccccc1N=Nc1c(-c2ccc(F)cc2)nc2ccccn12. The summed E-state index contributed by atoms with van der Waals surface area (Å²) < 4.78 is 20.4. The van der Waals surface area contributed by atoms with E-state index in [1.54, 1.807) is 19.2 Å². The molecule has 0 atom stereocenters. The molecule has 0 aliphatic heterocycles. The molecular weight excluding hydrogens is 331 g/mol. The molecule has 0 saturated carbocycles. The Morgan fingerprint density at radius 3 is 2.50 bits per heavy atom. The van der Waals surface area contributed by atoms with Crippen molar-refractivity contribution in [1.82, 2.24) is 9.38 Å². The second-order valence-electron chi connectivity index (χ2n) is 5.59. The van der Waals surface area contributed by atoms with E-state index in [-0.39, 0.29) is 5.82 Å². The Morgan fingerprint density at radius 2 is 1.69 bits per heavy atom. The monoisotopic (exact) mass is 346 g/mol. The first kappa shape index (κ1) is 16.0. The molecule has 0 unspecified atom stereocenters. The second-order valence-corrected chi connectivity index (χ2v) is 5.59. The predicted octanol–water partition coefficient (Wildman–Crippen LogP) is 5.56. The molecule has 2 aromatic heterocycles. The van der Waals surface area contributed by atoms with Crippen LogP contribution < -0.4 is 4.74 Å². The largest absolute Gasteiger partial charge is 0.494 e. The lowest BCUT2D eigenvalue weighted by Crippen LogP contribution is -1.83. The fraction of sp³-hybridized carbons (Fsp3) is 0.0500. The van der Waals surface area contributed by atoms with Crippen LogP contribution in [0, 0.1) is 5.82 Å². The lowest BCUT2D eigenvalue weighted by Gasteiger charge is -2.03. The molecule has 2 heterocycles. The first-order valence-electron chi connectivity index (χ1n) is 8.04. The van der Waals surface area contributed by atoms with Crippen LogP contribution >= 0.6 is 0 Å². The fourth-order valence-corrected chi connectivity index (χ4v) is 2.69. The van der Waals surface area contributed by atoms with Crippen molar-refractivity contribution in [3.8, 4) is 17.0 Å². The summed E-state index contributed by atoms with van der Waals surface area (Å²) in [5.41, 5.74) is 2.76. The maximum atomic E-state index is 13.3. The van der Waals surface area contributed by atoms with E-state index in [2.05, 4.69) is 15.2 Å². The van der Waals surface area contributed by atoms with Crippen molar-refractivity contribution in [2.24, 2.45) is 10.2 Å². The fourth-order valence-electron chi connectivity index (χ4n) is 2.69. The molecule has 0 aliphatic rings. The van der Waals surface area contributed by atoms with Crippen molar-refractivity contribution in [2.45, 2.75) is 0 Å². The third-order valence-corrected chi connectivity index (χ3v) is 3.96. The Labute approximate surface area is 149 Å². The zero-order valence-electron chi connectivity index (χ0n) is 14.0. The number of fused-ring (bicyclic) bond motifs is 1. The van der Waals surface area contributed by atoms with E-state index in [0.717, 1.165) is 11.2 Å². The number of hydrogen-bond acceptors (Lipinski definition) is 4. The number of hydrogen-bond donors (Lipinski definition) is 0. The highest BCUT2D eigenvalue weighted by Crippen LogP contribution is 2.34. The van der Waals surface area contributed by atoms with Crippen LogP contribution in [0.5, 0.6) is 5.75 Å². The number of benzene rings is 2. The molecule has 6 heteroatoms. The molecule has 0 saturated heterocycles. The van der Waals surface area contributed by atoms with E-state index < -0.39 is 0 Å². The van der Waals surface area contributed by atoms with Gasteiger partial charge in [-0.05, 0) is 48.5 Å². The van der Waals surface area contributed by atoms with Crippen molar-refractivity contribution < 1.29 is 9.13 Å². The molecule has 128 valence electrons. The van der Waals surface area contributed by atoms with Crippen LogP contribution in [0.3, 0.4) is 0 Å². The minimum atomic E-state index is -0.297. The molecule has 0 fully saturated rings. The number of rotatable bonds is 4. The van der Waals surface area contributed by atoms with Crippen LogP contribution in [-0.4, -0.2) is 16.5 Å². The van der Waals surface area contributed by atoms with Crippen LogP contribution in [-0.2, 0) is 0 Å². The molecule has 4 rings (SSSR count). The Balaban J connectivity index is 1.86. The third-order valence-electron chi connectivity index (χ3n) is 3.96. The van der Waals surface area contributed by atoms with Gasteiger partial charge in [0.25, 0.3) is 0 Å². The van der Waals surface area contributed by atoms with Crippen molar-refractivity contribution in [3.05, 3.63) is 78.7 Å². The lowest BCUT2D eigenvalue weighted by molar-refractivity contribution is 0.416. The molecule has 0 N–H and O–H groups in total. The summed E-state index contributed by atoms with van der Waals surface area (Å²) in [5.74, 6) is 0.904. The number of pyridine rings is 1. The summed E-state index contributed by atoms with van der Waals surface area (Å²) in [6.45, 7) is 0. The second kappa shape index (κ2) is 6.76. The van der Waals surface area contributed by atoms with E-state index in [1.165, 1.54) is 12.1 Å². The van der Waals surface area contributed by atoms with Gasteiger partial charge in [0.1, 0.15) is 28.6 Å². The number of aromatic nitrogens is 2. The zero-order chi connectivity index (χ0) is 17.9. The van der Waals surface area contributed by atoms with E-state index >= 15 is 0 Å². The molecule has 0 bridgehead atoms. The highest BCUT2D eigenvalue weighted by atomic mass is 19.1. The quantitative estimate of drug-likeness (QED) is 0.454. The van der Waals surface area contributed by atoms with Gasteiger partial charge < -0.3 is 4.74 Å². The van der Waals surface area contributed by atoms with Crippen LogP contribution in [0.15, 0.2) is 83.2 Å². The van der Waals surface area contributed by atoms with Crippen LogP contribution in [0.4, 0.5) is 15.9 Å². The topological polar surface area (TPSA) is 51.2 Å². The highest BCUT2D eigenvalue weighted by Gasteiger charge is 2.14. The molecule has 5 nitrogen and oxygen atoms in total. The summed E-state index contributed by atoms with van der Waals surface area (Å²) in [4.78, 5) is 4.62. The van der Waals surface area contributed by atoms with E-state index in [4.69, 9.17) is 4.74 Å². The average Bonchev–Trinajstić information content (AvgIpc) is 3.05. The number of imidazole rings is 1. The predicted molar refractivity (Wildman–Crippen MR) is 97.8 cm³/mol. The molecule has 0 radical (unpaired) electrons. The molecule has 4 aromatic rings. The third kappa shape index (κ3) is 2.93. The van der Waals surface area contributed by atoms with Crippen LogP contribution in [0.25, 0.3) is 16.9 Å². The number of methoxy groups -OCH3 is 1. The van der Waals surface area contributed by atoms with E-state index in [1.807, 2.05) is 53.1 Å². The minimum Gasteiger partial charge on any atom is -0.494 e. The van der Waals surface area contributed by atoms with Crippen molar-refractivity contribution >= 4 is 17.2 Å². The van der Waals surface area contributed by atoms with Gasteiger partial charge in [0.15, 0.2) is 5.82 Å². The highest BCUT2D eigenvalue weighted by molar-refractivity contribution is 5.74. The molecule has 2 aromatic carbocycles. The van der Waals surface area contributed by atoms with Gasteiger partial charge in [-0.3, -0.25) is 4.40 Å². The molecule has 0 spiro atoms. The zero-order valence-corrected chi connectivity index (χ0v) is 14.0. The number of para-hydroxylation sites is 1. The van der Waals surface area contributed by atoms with Gasteiger partial charge in [-0.2, -0.15) is 0 Å². The van der Waals surface area contributed by atoms with Gasteiger partial charge in [0.05, 0.1) is 7.11 Å². The van der Waals surface area contributed by atoms with Crippen molar-refractivity contribution in [2.75, 3.05) is 7.11 Å². The summed E-state index contributed by atoms with van der Waals surface area (Å²) in [6, 6.07) is 19.2. The Hall–Kier alpha value is -3.54. The minimum absolute atomic E-state index is 0.297. The van der Waals surface area contributed by atoms with E-state index in [9.17, 15) is 4.39 Å². The van der Waals surface area contributed by atoms with Gasteiger partial charge in [-0.1, -0.05) is 18.2 Å². The Kier molecular flexibility index (Phi) is 4.15. The van der Waals surface area contributed by atoms with Crippen LogP contribution in [0.1, 0.15) is 0 Å². The molecule has 26 heavy (non-hydrogen) atoms. The van der Waals surface area contributed by atoms with Gasteiger partial charge >= 0.3 is 0 Å². The number of azo groups is 1. The van der Waals surface area contributed by atoms with Crippen LogP contribution in [0.2, 0.25) is 0 Å². The Morgan fingerprint density at radius 1 is 0.923 bits per heavy atom. The molecule has 0 amide bonds. The molecule has 0 aliphatic carbocycles. The van der Waals surface area contributed by atoms with E-state index in [0.29, 0.717) is 22.9 Å². The first-order chi connectivity index (χ1) is 12.8. The van der Waals surface area contributed by atoms with Gasteiger partial charge in [0, 0.05) is 11.8 Å². The summed E-state index contributed by atoms with van der Waals surface area (Å²) in [7, 11) is 1.59. The van der Waals surface area contributed by atoms with Gasteiger partial charge in [0.2, 0.25) is 0 Å².